The van der Waals surface area contributed by atoms with Gasteiger partial charge < -0.3 is 21.7 Å². The maximum absolute atomic E-state index is 13.9. The number of carbonyl (C=O) groups is 2. The fraction of sp³-hybridized carbons (Fsp3) is 0.500. The van der Waals surface area contributed by atoms with Crippen LogP contribution in [0.25, 0.3) is 0 Å². The van der Waals surface area contributed by atoms with Gasteiger partial charge in [-0.25, -0.2) is 0 Å². The molecule has 6 N–H and O–H groups in total. The summed E-state index contributed by atoms with van der Waals surface area (Å²) in [6.07, 6.45) is 7.90. The monoisotopic (exact) mass is 581 g/mol. The van der Waals surface area contributed by atoms with Gasteiger partial charge in [0.1, 0.15) is 11.9 Å². The molecule has 1 heterocycles. The number of piperidine rings is 1. The summed E-state index contributed by atoms with van der Waals surface area (Å²) in [5.74, 6) is 0.00518. The minimum atomic E-state index is -0.528. The molecular formula is C30H40BrN5O2. The number of nitrogens with one attached hydrogen (secondary N) is 4. The molecule has 0 radical (unpaired) electrons. The van der Waals surface area contributed by atoms with Crippen LogP contribution >= 0.6 is 15.9 Å². The number of amides is 2. The second kappa shape index (κ2) is 13.9. The minimum Gasteiger partial charge on any atom is -0.384 e. The average molecular weight is 583 g/mol. The van der Waals surface area contributed by atoms with E-state index in [2.05, 4.69) is 31.9 Å². The van der Waals surface area contributed by atoms with E-state index in [4.69, 9.17) is 11.1 Å². The molecule has 0 bridgehead atoms. The Morgan fingerprint density at radius 2 is 1.71 bits per heavy atom. The van der Waals surface area contributed by atoms with E-state index in [0.717, 1.165) is 67.2 Å². The first-order valence-corrected chi connectivity index (χ1v) is 14.7. The van der Waals surface area contributed by atoms with Gasteiger partial charge in [0, 0.05) is 16.6 Å². The summed E-state index contributed by atoms with van der Waals surface area (Å²) in [5, 5.41) is 17.4. The Hall–Kier alpha value is -2.71. The molecule has 0 aromatic heterocycles. The highest BCUT2D eigenvalue weighted by Crippen LogP contribution is 2.29. The number of hydrogen-bond donors (Lipinski definition) is 5. The summed E-state index contributed by atoms with van der Waals surface area (Å²) >= 11 is 3.55. The lowest BCUT2D eigenvalue weighted by Crippen LogP contribution is -2.53. The highest BCUT2D eigenvalue weighted by Gasteiger charge is 2.33. The fourth-order valence-electron chi connectivity index (χ4n) is 5.70. The van der Waals surface area contributed by atoms with Crippen molar-refractivity contribution in [1.82, 2.24) is 16.0 Å². The third kappa shape index (κ3) is 7.90. The normalized spacial score (nSPS) is 18.3. The van der Waals surface area contributed by atoms with Gasteiger partial charge in [-0.15, -0.1) is 0 Å². The molecule has 1 aliphatic heterocycles. The first kappa shape index (κ1) is 28.3. The van der Waals surface area contributed by atoms with Crippen molar-refractivity contribution >= 4 is 33.6 Å². The molecule has 4 rings (SSSR count). The van der Waals surface area contributed by atoms with Crippen LogP contribution in [0.4, 0.5) is 0 Å². The Bertz CT molecular complexity index is 1090. The van der Waals surface area contributed by atoms with Crippen molar-refractivity contribution in [3.05, 3.63) is 69.7 Å². The molecule has 2 amide bonds. The SMILES string of the molecule is N=C(N)c1ccc(CC(C(=O)NC(C(=O)NCC2CCNCC2)C2CCCCC2)c2cccc(Br)c2)cc1. The molecular weight excluding hydrogens is 542 g/mol. The third-order valence-electron chi connectivity index (χ3n) is 8.00. The maximum Gasteiger partial charge on any atom is 0.242 e. The second-order valence-corrected chi connectivity index (χ2v) is 11.7. The van der Waals surface area contributed by atoms with E-state index < -0.39 is 12.0 Å². The quantitative estimate of drug-likeness (QED) is 0.213. The molecule has 2 aliphatic rings. The van der Waals surface area contributed by atoms with E-state index in [1.165, 1.54) is 6.42 Å². The summed E-state index contributed by atoms with van der Waals surface area (Å²) in [6.45, 7) is 2.65. The highest BCUT2D eigenvalue weighted by atomic mass is 79.9. The number of amidine groups is 1. The van der Waals surface area contributed by atoms with Gasteiger partial charge in [-0.05, 0) is 80.3 Å². The van der Waals surface area contributed by atoms with E-state index in [-0.39, 0.29) is 23.6 Å². The van der Waals surface area contributed by atoms with Gasteiger partial charge in [0.05, 0.1) is 5.92 Å². The van der Waals surface area contributed by atoms with Gasteiger partial charge in [-0.1, -0.05) is 71.6 Å². The summed E-state index contributed by atoms with van der Waals surface area (Å²) < 4.78 is 0.906. The summed E-state index contributed by atoms with van der Waals surface area (Å²) in [7, 11) is 0. The van der Waals surface area contributed by atoms with Crippen LogP contribution in [0.15, 0.2) is 53.0 Å². The molecule has 2 atom stereocenters. The maximum atomic E-state index is 13.9. The topological polar surface area (TPSA) is 120 Å². The third-order valence-corrected chi connectivity index (χ3v) is 8.49. The molecule has 38 heavy (non-hydrogen) atoms. The Morgan fingerprint density at radius 3 is 2.37 bits per heavy atom. The van der Waals surface area contributed by atoms with Crippen LogP contribution in [0, 0.1) is 17.2 Å². The van der Waals surface area contributed by atoms with Crippen molar-refractivity contribution in [3.63, 3.8) is 0 Å². The first-order valence-electron chi connectivity index (χ1n) is 13.9. The number of nitrogen functional groups attached to an aromatic ring is 1. The summed E-state index contributed by atoms with van der Waals surface area (Å²) in [4.78, 5) is 27.4. The lowest BCUT2D eigenvalue weighted by molar-refractivity contribution is -0.131. The highest BCUT2D eigenvalue weighted by molar-refractivity contribution is 9.10. The number of hydrogen-bond acceptors (Lipinski definition) is 4. The van der Waals surface area contributed by atoms with E-state index in [1.807, 2.05) is 48.5 Å². The van der Waals surface area contributed by atoms with E-state index in [9.17, 15) is 9.59 Å². The van der Waals surface area contributed by atoms with Crippen LogP contribution in [0.1, 0.15) is 67.6 Å². The smallest absolute Gasteiger partial charge is 0.242 e. The van der Waals surface area contributed by atoms with Gasteiger partial charge in [-0.2, -0.15) is 0 Å². The van der Waals surface area contributed by atoms with Gasteiger partial charge >= 0.3 is 0 Å². The van der Waals surface area contributed by atoms with Crippen molar-refractivity contribution in [1.29, 1.82) is 5.41 Å². The molecule has 2 aromatic rings. The fourth-order valence-corrected chi connectivity index (χ4v) is 6.12. The van der Waals surface area contributed by atoms with E-state index >= 15 is 0 Å². The lowest BCUT2D eigenvalue weighted by Gasteiger charge is -2.32. The molecule has 2 fully saturated rings. The molecule has 8 heteroatoms. The number of halogens is 1. The number of carbonyl (C=O) groups excluding carboxylic acids is 2. The van der Waals surface area contributed by atoms with Crippen molar-refractivity contribution < 1.29 is 9.59 Å². The zero-order valence-electron chi connectivity index (χ0n) is 22.0. The molecule has 2 unspecified atom stereocenters. The Morgan fingerprint density at radius 1 is 1.00 bits per heavy atom. The summed E-state index contributed by atoms with van der Waals surface area (Å²) in [5.41, 5.74) is 8.14. The van der Waals surface area contributed by atoms with Crippen LogP contribution in [0.3, 0.4) is 0 Å². The molecule has 1 aliphatic carbocycles. The predicted molar refractivity (Wildman–Crippen MR) is 155 cm³/mol. The largest absolute Gasteiger partial charge is 0.384 e. The second-order valence-electron chi connectivity index (χ2n) is 10.7. The molecule has 0 spiro atoms. The molecule has 1 saturated heterocycles. The lowest BCUT2D eigenvalue weighted by atomic mass is 9.82. The van der Waals surface area contributed by atoms with Crippen molar-refractivity contribution in [2.24, 2.45) is 17.6 Å². The van der Waals surface area contributed by atoms with E-state index in [1.54, 1.807) is 0 Å². The van der Waals surface area contributed by atoms with Gasteiger partial charge in [0.15, 0.2) is 0 Å². The predicted octanol–water partition coefficient (Wildman–Crippen LogP) is 4.24. The average Bonchev–Trinajstić information content (AvgIpc) is 2.94. The molecule has 2 aromatic carbocycles. The van der Waals surface area contributed by atoms with Crippen LogP contribution in [0.2, 0.25) is 0 Å². The van der Waals surface area contributed by atoms with Gasteiger partial charge in [-0.3, -0.25) is 15.0 Å². The van der Waals surface area contributed by atoms with Crippen molar-refractivity contribution in [2.75, 3.05) is 19.6 Å². The van der Waals surface area contributed by atoms with Crippen LogP contribution in [-0.2, 0) is 16.0 Å². The first-order chi connectivity index (χ1) is 18.4. The Balaban J connectivity index is 1.53. The molecule has 204 valence electrons. The van der Waals surface area contributed by atoms with Crippen LogP contribution in [0.5, 0.6) is 0 Å². The minimum absolute atomic E-state index is 0.0173. The van der Waals surface area contributed by atoms with Crippen LogP contribution < -0.4 is 21.7 Å². The standard InChI is InChI=1S/C30H40BrN5O2/c31-25-8-4-7-24(18-25)26(17-20-9-11-23(12-10-20)28(32)33)29(37)36-27(22-5-2-1-3-6-22)30(38)35-19-21-13-15-34-16-14-21/h4,7-12,18,21-22,26-27,34H,1-3,5-6,13-17,19H2,(H3,32,33)(H,35,38)(H,36,37). The van der Waals surface area contributed by atoms with Gasteiger partial charge in [0.25, 0.3) is 0 Å². The van der Waals surface area contributed by atoms with E-state index in [0.29, 0.717) is 24.4 Å². The summed E-state index contributed by atoms with van der Waals surface area (Å²) in [6, 6.07) is 14.7. The van der Waals surface area contributed by atoms with Crippen LogP contribution in [-0.4, -0.2) is 43.3 Å². The number of benzene rings is 2. The Labute approximate surface area is 234 Å². The molecule has 1 saturated carbocycles. The van der Waals surface area contributed by atoms with Crippen molar-refractivity contribution in [3.8, 4) is 0 Å². The Kier molecular flexibility index (Phi) is 10.4. The van der Waals surface area contributed by atoms with Crippen molar-refractivity contribution in [2.45, 2.75) is 63.3 Å². The number of nitrogens with two attached hydrogens (primary N) is 1. The molecule has 7 nitrogen and oxygen atoms in total. The zero-order valence-corrected chi connectivity index (χ0v) is 23.6. The number of rotatable bonds is 10. The zero-order chi connectivity index (χ0) is 26.9. The van der Waals surface area contributed by atoms with Gasteiger partial charge in [0.2, 0.25) is 11.8 Å².